The molecule has 0 amide bonds. The maximum absolute atomic E-state index is 4.92. The lowest BCUT2D eigenvalue weighted by Crippen LogP contribution is -1.74. The zero-order valence-electron chi connectivity index (χ0n) is 8.31. The lowest BCUT2D eigenvalue weighted by molar-refractivity contribution is 0.125. The molecule has 0 saturated carbocycles. The molecule has 0 radical (unpaired) electrons. The number of hydrogen-bond donors (Lipinski definition) is 0. The third kappa shape index (κ3) is 4.41. The molecule has 0 fully saturated rings. The average molecular weight is 186 g/mol. The second-order valence-electron chi connectivity index (χ2n) is 2.68. The smallest absolute Gasteiger partial charge is 0.236 e. The molecule has 0 spiro atoms. The summed E-state index contributed by atoms with van der Waals surface area (Å²) in [6, 6.07) is 10.1. The van der Waals surface area contributed by atoms with Gasteiger partial charge in [0.2, 0.25) is 12.9 Å². The third-order valence-electron chi connectivity index (χ3n) is 1.59. The molecule has 0 N–H and O–H groups in total. The maximum Gasteiger partial charge on any atom is 0.236 e. The van der Waals surface area contributed by atoms with Gasteiger partial charge in [-0.15, -0.1) is 12.2 Å². The first kappa shape index (κ1) is 10.5. The van der Waals surface area contributed by atoms with Crippen molar-refractivity contribution in [1.29, 1.82) is 0 Å². The van der Waals surface area contributed by atoms with Crippen molar-refractivity contribution >= 4 is 12.4 Å². The summed E-state index contributed by atoms with van der Waals surface area (Å²) in [7, 11) is 0. The molecule has 0 aromatic heterocycles. The molecule has 1 aromatic carbocycles. The normalized spacial score (nSPS) is 12.1. The summed E-state index contributed by atoms with van der Waals surface area (Å²) in [5, 5.41) is 0. The van der Waals surface area contributed by atoms with Gasteiger partial charge in [0.15, 0.2) is 0 Å². The van der Waals surface area contributed by atoms with E-state index in [1.54, 1.807) is 6.08 Å². The quantitative estimate of drug-likeness (QED) is 0.296. The van der Waals surface area contributed by atoms with Crippen LogP contribution in [0.3, 0.4) is 0 Å². The molecule has 72 valence electrons. The van der Waals surface area contributed by atoms with Crippen LogP contribution < -0.4 is 0 Å². The van der Waals surface area contributed by atoms with Crippen LogP contribution in [0.4, 0.5) is 0 Å². The van der Waals surface area contributed by atoms with E-state index < -0.39 is 0 Å². The van der Waals surface area contributed by atoms with Crippen LogP contribution in [-0.2, 0) is 4.42 Å². The first-order valence-electron chi connectivity index (χ1n) is 4.69. The lowest BCUT2D eigenvalue weighted by atomic mass is 10.2. The van der Waals surface area contributed by atoms with E-state index in [9.17, 15) is 0 Å². The van der Waals surface area contributed by atoms with Crippen LogP contribution in [0.15, 0.2) is 48.6 Å². The van der Waals surface area contributed by atoms with Crippen LogP contribution >= 0.6 is 0 Å². The van der Waals surface area contributed by atoms with E-state index in [4.69, 9.17) is 4.42 Å². The predicted octanol–water partition coefficient (Wildman–Crippen LogP) is 2.92. The molecule has 14 heavy (non-hydrogen) atoms. The fourth-order valence-electron chi connectivity index (χ4n) is 0.957. The van der Waals surface area contributed by atoms with Crippen LogP contribution in [0, 0.1) is 0 Å². The van der Waals surface area contributed by atoms with Crippen molar-refractivity contribution in [1.82, 2.24) is 0 Å². The molecular weight excluding hydrogens is 172 g/mol. The fraction of sp³-hybridized carbons (Fsp3) is 0.154. The minimum Gasteiger partial charge on any atom is -0.353 e. The van der Waals surface area contributed by atoms with Gasteiger partial charge in [0, 0.05) is 6.92 Å². The van der Waals surface area contributed by atoms with Crippen molar-refractivity contribution in [3.8, 4) is 0 Å². The Bertz CT molecular complexity index is 320. The van der Waals surface area contributed by atoms with Gasteiger partial charge < -0.3 is 4.42 Å². The molecular formula is C13H14O. The monoisotopic (exact) mass is 186 g/mol. The average Bonchev–Trinajstić information content (AvgIpc) is 2.25. The fourth-order valence-corrected chi connectivity index (χ4v) is 0.957. The number of rotatable bonds is 4. The Morgan fingerprint density at radius 2 is 2.00 bits per heavy atom. The summed E-state index contributed by atoms with van der Waals surface area (Å²) in [5.41, 5.74) is 1.19. The Morgan fingerprint density at radius 1 is 1.21 bits per heavy atom. The standard InChI is InChI=1S/C13H14O/c1-2-14-12-8-4-7-11-13-9-5-3-6-10-13/h3-11H,2H2,1H3/b8-4+,11-7+. The minimum absolute atomic E-state index is 0.659. The molecule has 0 aliphatic carbocycles. The second-order valence-corrected chi connectivity index (χ2v) is 2.68. The first-order valence-corrected chi connectivity index (χ1v) is 4.69. The highest BCUT2D eigenvalue weighted by Crippen LogP contribution is 2.00. The van der Waals surface area contributed by atoms with E-state index in [1.165, 1.54) is 5.56 Å². The van der Waals surface area contributed by atoms with E-state index in [1.807, 2.05) is 43.4 Å². The molecule has 0 bridgehead atoms. The van der Waals surface area contributed by atoms with Gasteiger partial charge in [-0.2, -0.15) is 0 Å². The molecule has 0 heterocycles. The Hall–Kier alpha value is -1.63. The van der Waals surface area contributed by atoms with Crippen molar-refractivity contribution in [3.05, 3.63) is 54.1 Å². The van der Waals surface area contributed by atoms with E-state index in [0.717, 1.165) is 0 Å². The number of allylic oxidation sites excluding steroid dienone is 3. The van der Waals surface area contributed by atoms with Gasteiger partial charge in [-0.3, -0.25) is 0 Å². The van der Waals surface area contributed by atoms with Gasteiger partial charge in [-0.1, -0.05) is 36.4 Å². The van der Waals surface area contributed by atoms with Gasteiger partial charge in [0.1, 0.15) is 0 Å². The molecule has 1 nitrogen and oxygen atoms in total. The van der Waals surface area contributed by atoms with Gasteiger partial charge in [-0.05, 0) is 5.56 Å². The summed E-state index contributed by atoms with van der Waals surface area (Å²) < 4.78 is 4.92. The van der Waals surface area contributed by atoms with E-state index in [0.29, 0.717) is 6.61 Å². The lowest BCUT2D eigenvalue weighted by Gasteiger charge is -1.89. The molecule has 1 rings (SSSR count). The molecule has 1 heteroatoms. The molecule has 0 atom stereocenters. The second kappa shape index (κ2) is 6.84. The van der Waals surface area contributed by atoms with Crippen molar-refractivity contribution in [2.75, 3.05) is 6.61 Å². The van der Waals surface area contributed by atoms with Crippen LogP contribution in [0.25, 0.3) is 6.08 Å². The Morgan fingerprint density at radius 3 is 2.71 bits per heavy atom. The highest BCUT2D eigenvalue weighted by Gasteiger charge is 1.77. The molecule has 0 aliphatic rings. The number of benzene rings is 1. The summed E-state index contributed by atoms with van der Waals surface area (Å²) >= 11 is 0. The van der Waals surface area contributed by atoms with Gasteiger partial charge in [-0.25, -0.2) is 6.08 Å². The van der Waals surface area contributed by atoms with Crippen molar-refractivity contribution in [2.24, 2.45) is 0 Å². The summed E-state index contributed by atoms with van der Waals surface area (Å²) in [5.74, 6) is 0. The first-order chi connectivity index (χ1) is 6.93. The summed E-state index contributed by atoms with van der Waals surface area (Å²) in [6.07, 6.45) is 10.3. The largest absolute Gasteiger partial charge is 0.353 e. The molecule has 0 unspecified atom stereocenters. The molecule has 0 aliphatic heterocycles. The highest BCUT2D eigenvalue weighted by atomic mass is 16.4. The van der Waals surface area contributed by atoms with Crippen LogP contribution in [0.5, 0.6) is 0 Å². The summed E-state index contributed by atoms with van der Waals surface area (Å²) in [6.45, 7) is 2.59. The zero-order valence-corrected chi connectivity index (χ0v) is 8.31. The number of carbonyl (C=O) groups excluding carboxylic acids is 1. The Labute approximate surface area is 85.1 Å². The van der Waals surface area contributed by atoms with Crippen molar-refractivity contribution in [2.45, 2.75) is 6.92 Å². The van der Waals surface area contributed by atoms with Gasteiger partial charge in [0.05, 0.1) is 0 Å². The van der Waals surface area contributed by atoms with Crippen LogP contribution in [-0.4, -0.2) is 12.9 Å². The topological polar surface area (TPSA) is 11.3 Å². The van der Waals surface area contributed by atoms with Gasteiger partial charge in [0.25, 0.3) is 0 Å². The van der Waals surface area contributed by atoms with Crippen LogP contribution in [0.2, 0.25) is 0 Å². The molecule has 1 aromatic rings. The minimum atomic E-state index is 0.659. The number of hydrogen-bond acceptors (Lipinski definition) is 0. The Kier molecular flexibility index (Phi) is 5.11. The zero-order chi connectivity index (χ0) is 10.1. The summed E-state index contributed by atoms with van der Waals surface area (Å²) in [4.78, 5) is 0. The van der Waals surface area contributed by atoms with E-state index in [-0.39, 0.29) is 0 Å². The predicted molar refractivity (Wildman–Crippen MR) is 60.9 cm³/mol. The van der Waals surface area contributed by atoms with Crippen molar-refractivity contribution < 1.29 is 4.42 Å². The van der Waals surface area contributed by atoms with Crippen LogP contribution in [0.1, 0.15) is 12.5 Å². The SMILES string of the molecule is CC[O+]=[C-]/C=C/C=C/c1ccccc1. The maximum atomic E-state index is 4.92. The molecule has 0 saturated heterocycles. The third-order valence-corrected chi connectivity index (χ3v) is 1.59. The Balaban J connectivity index is 2.42. The van der Waals surface area contributed by atoms with E-state index in [2.05, 4.69) is 18.4 Å². The van der Waals surface area contributed by atoms with E-state index >= 15 is 0 Å². The highest BCUT2D eigenvalue weighted by molar-refractivity contribution is 5.67. The van der Waals surface area contributed by atoms with Gasteiger partial charge >= 0.3 is 0 Å². The van der Waals surface area contributed by atoms with Crippen molar-refractivity contribution in [3.63, 3.8) is 0 Å².